The van der Waals surface area contributed by atoms with Crippen molar-refractivity contribution in [3.63, 3.8) is 0 Å². The largest absolute Gasteiger partial charge is 0.480 e. The van der Waals surface area contributed by atoms with Crippen molar-refractivity contribution < 1.29 is 24.2 Å². The van der Waals surface area contributed by atoms with Crippen LogP contribution in [0.2, 0.25) is 0 Å². The zero-order chi connectivity index (χ0) is 23.6. The summed E-state index contributed by atoms with van der Waals surface area (Å²) < 4.78 is 5.57. The smallest absolute Gasteiger partial charge is 0.407 e. The lowest BCUT2D eigenvalue weighted by Gasteiger charge is -2.22. The number of fused-ring (bicyclic) bond motifs is 3. The van der Waals surface area contributed by atoms with Crippen molar-refractivity contribution in [1.29, 1.82) is 0 Å². The molecule has 0 aliphatic heterocycles. The van der Waals surface area contributed by atoms with E-state index < -0.39 is 29.6 Å². The van der Waals surface area contributed by atoms with E-state index in [1.807, 2.05) is 50.2 Å². The van der Waals surface area contributed by atoms with Crippen LogP contribution < -0.4 is 10.6 Å². The number of nitrogens with one attached hydrogen (secondary N) is 2. The molecule has 0 spiro atoms. The summed E-state index contributed by atoms with van der Waals surface area (Å²) in [4.78, 5) is 36.9. The lowest BCUT2D eigenvalue weighted by molar-refractivity contribution is -0.143. The van der Waals surface area contributed by atoms with Crippen LogP contribution in [0.4, 0.5) is 4.79 Å². The molecule has 2 aliphatic rings. The molecule has 1 atom stereocenters. The lowest BCUT2D eigenvalue weighted by atomic mass is 9.98. The summed E-state index contributed by atoms with van der Waals surface area (Å²) in [6, 6.07) is 15.3. The summed E-state index contributed by atoms with van der Waals surface area (Å²) in [5.41, 5.74) is 3.30. The molecule has 1 unspecified atom stereocenters. The molecule has 33 heavy (non-hydrogen) atoms. The molecular formula is C26H30N2O5. The Bertz CT molecular complexity index is 1010. The van der Waals surface area contributed by atoms with E-state index in [9.17, 15) is 19.5 Å². The SMILES string of the molecule is CC(C)CCC(NC(=O)OCC1c2ccccc2-c2ccccc21)C(=O)NC1(C(=O)O)CC1. The summed E-state index contributed by atoms with van der Waals surface area (Å²) in [5, 5.41) is 14.7. The van der Waals surface area contributed by atoms with E-state index in [0.29, 0.717) is 31.6 Å². The van der Waals surface area contributed by atoms with Gasteiger partial charge in [0.2, 0.25) is 5.91 Å². The predicted octanol–water partition coefficient (Wildman–Crippen LogP) is 4.06. The minimum Gasteiger partial charge on any atom is -0.480 e. The zero-order valence-electron chi connectivity index (χ0n) is 19.0. The normalized spacial score (nSPS) is 16.5. The van der Waals surface area contributed by atoms with Gasteiger partial charge in [-0.3, -0.25) is 4.79 Å². The zero-order valence-corrected chi connectivity index (χ0v) is 19.0. The highest BCUT2D eigenvalue weighted by Crippen LogP contribution is 2.44. The van der Waals surface area contributed by atoms with Crippen molar-refractivity contribution in [1.82, 2.24) is 10.6 Å². The van der Waals surface area contributed by atoms with E-state index in [4.69, 9.17) is 4.74 Å². The highest BCUT2D eigenvalue weighted by molar-refractivity contribution is 5.93. The van der Waals surface area contributed by atoms with Gasteiger partial charge >= 0.3 is 12.1 Å². The number of carbonyl (C=O) groups is 3. The second-order valence-corrected chi connectivity index (χ2v) is 9.37. The third-order valence-corrected chi connectivity index (χ3v) is 6.51. The van der Waals surface area contributed by atoms with E-state index in [1.165, 1.54) is 0 Å². The van der Waals surface area contributed by atoms with Crippen LogP contribution in [0, 0.1) is 5.92 Å². The Morgan fingerprint density at radius 1 is 1.00 bits per heavy atom. The fourth-order valence-electron chi connectivity index (χ4n) is 4.39. The monoisotopic (exact) mass is 450 g/mol. The van der Waals surface area contributed by atoms with Crippen molar-refractivity contribution in [2.24, 2.45) is 5.92 Å². The fraction of sp³-hybridized carbons (Fsp3) is 0.423. The molecule has 7 heteroatoms. The minimum absolute atomic E-state index is 0.0761. The fourth-order valence-corrected chi connectivity index (χ4v) is 4.39. The first-order chi connectivity index (χ1) is 15.8. The Hall–Kier alpha value is -3.35. The molecule has 0 aromatic heterocycles. The Kier molecular flexibility index (Phi) is 6.40. The van der Waals surface area contributed by atoms with Crippen molar-refractivity contribution in [3.8, 4) is 11.1 Å². The van der Waals surface area contributed by atoms with E-state index in [0.717, 1.165) is 22.3 Å². The number of rotatable bonds is 9. The number of aliphatic carboxylic acids is 1. The van der Waals surface area contributed by atoms with E-state index in [2.05, 4.69) is 22.8 Å². The molecule has 7 nitrogen and oxygen atoms in total. The molecule has 2 aromatic rings. The third-order valence-electron chi connectivity index (χ3n) is 6.51. The maximum atomic E-state index is 12.8. The summed E-state index contributed by atoms with van der Waals surface area (Å²) in [6.07, 6.45) is 1.23. The van der Waals surface area contributed by atoms with Gasteiger partial charge in [0, 0.05) is 5.92 Å². The molecule has 2 aromatic carbocycles. The Morgan fingerprint density at radius 3 is 2.09 bits per heavy atom. The van der Waals surface area contributed by atoms with Crippen LogP contribution in [0.5, 0.6) is 0 Å². The van der Waals surface area contributed by atoms with Gasteiger partial charge in [0.25, 0.3) is 0 Å². The highest BCUT2D eigenvalue weighted by Gasteiger charge is 2.52. The Balaban J connectivity index is 1.41. The number of carboxylic acids is 1. The molecule has 2 aliphatic carbocycles. The average Bonchev–Trinajstić information content (AvgIpc) is 3.51. The van der Waals surface area contributed by atoms with Crippen molar-refractivity contribution >= 4 is 18.0 Å². The number of hydrogen-bond donors (Lipinski definition) is 3. The summed E-state index contributed by atoms with van der Waals surface area (Å²) >= 11 is 0. The third kappa shape index (κ3) is 4.87. The second kappa shape index (κ2) is 9.25. The minimum atomic E-state index is -1.20. The van der Waals surface area contributed by atoms with E-state index >= 15 is 0 Å². The first kappa shape index (κ1) is 22.8. The molecule has 0 radical (unpaired) electrons. The maximum Gasteiger partial charge on any atom is 0.407 e. The van der Waals surface area contributed by atoms with Gasteiger partial charge in [-0.2, -0.15) is 0 Å². The summed E-state index contributed by atoms with van der Waals surface area (Å²) in [6.45, 7) is 4.21. The molecule has 1 fully saturated rings. The molecule has 2 amide bonds. The number of hydrogen-bond acceptors (Lipinski definition) is 4. The van der Waals surface area contributed by atoms with E-state index in [-0.39, 0.29) is 12.5 Å². The predicted molar refractivity (Wildman–Crippen MR) is 124 cm³/mol. The number of alkyl carbamates (subject to hydrolysis) is 1. The van der Waals surface area contributed by atoms with Gasteiger partial charge in [-0.1, -0.05) is 62.4 Å². The first-order valence-corrected chi connectivity index (χ1v) is 11.5. The molecule has 0 saturated heterocycles. The van der Waals surface area contributed by atoms with Crippen molar-refractivity contribution in [2.75, 3.05) is 6.61 Å². The Morgan fingerprint density at radius 2 is 1.58 bits per heavy atom. The number of ether oxygens (including phenoxy) is 1. The Labute approximate surface area is 193 Å². The topological polar surface area (TPSA) is 105 Å². The molecule has 4 rings (SSSR count). The van der Waals surface area contributed by atoms with Crippen LogP contribution in [0.3, 0.4) is 0 Å². The lowest BCUT2D eigenvalue weighted by Crippen LogP contribution is -2.53. The number of carboxylic acid groups (broad SMARTS) is 1. The molecular weight excluding hydrogens is 420 g/mol. The summed E-state index contributed by atoms with van der Waals surface area (Å²) in [5.74, 6) is -1.27. The van der Waals surface area contributed by atoms with Gasteiger partial charge in [-0.25, -0.2) is 9.59 Å². The molecule has 0 bridgehead atoms. The van der Waals surface area contributed by atoms with Gasteiger partial charge in [0.15, 0.2) is 0 Å². The van der Waals surface area contributed by atoms with E-state index in [1.54, 1.807) is 0 Å². The van der Waals surface area contributed by atoms with Crippen LogP contribution in [0.15, 0.2) is 48.5 Å². The number of benzene rings is 2. The van der Waals surface area contributed by atoms with Crippen LogP contribution in [0.1, 0.15) is 56.6 Å². The standard InChI is InChI=1S/C26H30N2O5/c1-16(2)11-12-22(23(29)28-26(13-14-26)24(30)31)27-25(32)33-15-21-19-9-5-3-7-17(19)18-8-4-6-10-20(18)21/h3-10,16,21-22H,11-15H2,1-2H3,(H,27,32)(H,28,29)(H,30,31). The van der Waals surface area contributed by atoms with Crippen molar-refractivity contribution in [2.45, 2.75) is 57.0 Å². The van der Waals surface area contributed by atoms with Gasteiger partial charge < -0.3 is 20.5 Å². The molecule has 174 valence electrons. The highest BCUT2D eigenvalue weighted by atomic mass is 16.5. The van der Waals surface area contributed by atoms with Crippen LogP contribution in [0.25, 0.3) is 11.1 Å². The van der Waals surface area contributed by atoms with Crippen LogP contribution in [-0.4, -0.2) is 41.3 Å². The van der Waals surface area contributed by atoms with Crippen LogP contribution in [-0.2, 0) is 14.3 Å². The van der Waals surface area contributed by atoms with Gasteiger partial charge in [0.1, 0.15) is 18.2 Å². The van der Waals surface area contributed by atoms with Gasteiger partial charge in [0.05, 0.1) is 0 Å². The first-order valence-electron chi connectivity index (χ1n) is 11.5. The molecule has 0 heterocycles. The molecule has 1 saturated carbocycles. The number of amides is 2. The summed E-state index contributed by atoms with van der Waals surface area (Å²) in [7, 11) is 0. The number of carbonyl (C=O) groups excluding carboxylic acids is 2. The second-order valence-electron chi connectivity index (χ2n) is 9.37. The maximum absolute atomic E-state index is 12.8. The van der Waals surface area contributed by atoms with Crippen molar-refractivity contribution in [3.05, 3.63) is 59.7 Å². The van der Waals surface area contributed by atoms with Crippen LogP contribution >= 0.6 is 0 Å². The van der Waals surface area contributed by atoms with Gasteiger partial charge in [-0.05, 0) is 53.9 Å². The quantitative estimate of drug-likeness (QED) is 0.534. The van der Waals surface area contributed by atoms with Gasteiger partial charge in [-0.15, -0.1) is 0 Å². The molecule has 3 N–H and O–H groups in total. The average molecular weight is 451 g/mol.